The van der Waals surface area contributed by atoms with Crippen LogP contribution in [-0.4, -0.2) is 40.2 Å². The molecule has 2 aliphatic carbocycles. The first-order chi connectivity index (χ1) is 14.8. The zero-order valence-corrected chi connectivity index (χ0v) is 17.9. The number of carbonyl (C=O) groups excluding carboxylic acids is 1. The number of rotatable bonds is 8. The first-order valence-electron chi connectivity index (χ1n) is 11.3. The van der Waals surface area contributed by atoms with Gasteiger partial charge in [0, 0.05) is 36.7 Å². The minimum absolute atomic E-state index is 0.0692. The van der Waals surface area contributed by atoms with Crippen LogP contribution in [-0.2, 0) is 4.74 Å². The highest BCUT2D eigenvalue weighted by Crippen LogP contribution is 2.40. The van der Waals surface area contributed by atoms with Crippen molar-refractivity contribution in [3.63, 3.8) is 0 Å². The topological polar surface area (TPSA) is 55.6 Å². The van der Waals surface area contributed by atoms with Crippen LogP contribution >= 0.6 is 0 Å². The number of aromatic nitrogens is 2. The summed E-state index contributed by atoms with van der Waals surface area (Å²) < 4.78 is 44.3. The molecule has 2 saturated carbocycles. The van der Waals surface area contributed by atoms with Crippen LogP contribution in [0.3, 0.4) is 0 Å². The molecule has 2 aromatic rings. The number of amides is 1. The van der Waals surface area contributed by atoms with E-state index in [9.17, 15) is 18.0 Å². The fourth-order valence-corrected chi connectivity index (χ4v) is 4.41. The Balaban J connectivity index is 1.25. The lowest BCUT2D eigenvalue weighted by atomic mass is 9.92. The minimum atomic E-state index is -4.09. The van der Waals surface area contributed by atoms with Crippen molar-refractivity contribution < 1.29 is 22.7 Å². The normalized spacial score (nSPS) is 22.1. The van der Waals surface area contributed by atoms with Crippen LogP contribution in [0.4, 0.5) is 13.2 Å². The van der Waals surface area contributed by atoms with Gasteiger partial charge in [0.15, 0.2) is 0 Å². The van der Waals surface area contributed by atoms with Crippen molar-refractivity contribution in [2.24, 2.45) is 0 Å². The quantitative estimate of drug-likeness (QED) is 0.570. The fourth-order valence-electron chi connectivity index (χ4n) is 4.41. The molecule has 0 radical (unpaired) electrons. The third kappa shape index (κ3) is 5.79. The van der Waals surface area contributed by atoms with Crippen LogP contribution in [0.2, 0.25) is 0 Å². The largest absolute Gasteiger partial charge is 0.389 e. The Hall–Kier alpha value is -2.09. The lowest BCUT2D eigenvalue weighted by Gasteiger charge is -2.29. The standard InChI is InChI=1S/C23H30F3N3O2/c1-15-14-20(16-4-5-16)29-12-10-19(21(29)27-15)22(30)28-17-6-8-18(9-7-17)31-13-3-2-11-23(24,25)26/h10,12,14,16-18H,2-9,11,13H2,1H3,(H,28,30). The number of alkyl halides is 3. The number of nitrogens with one attached hydrogen (secondary N) is 1. The summed E-state index contributed by atoms with van der Waals surface area (Å²) in [6.07, 6.45) is 3.31. The maximum absolute atomic E-state index is 12.9. The Morgan fingerprint density at radius 3 is 2.61 bits per heavy atom. The first-order valence-corrected chi connectivity index (χ1v) is 11.3. The fraction of sp³-hybridized carbons (Fsp3) is 0.652. The molecule has 2 aromatic heterocycles. The van der Waals surface area contributed by atoms with Crippen molar-refractivity contribution in [2.45, 2.75) is 89.0 Å². The van der Waals surface area contributed by atoms with Gasteiger partial charge >= 0.3 is 6.18 Å². The molecular weight excluding hydrogens is 407 g/mol. The molecule has 2 aliphatic rings. The van der Waals surface area contributed by atoms with Crippen molar-refractivity contribution >= 4 is 11.6 Å². The number of unbranched alkanes of at least 4 members (excludes halogenated alkanes) is 1. The Morgan fingerprint density at radius 1 is 1.19 bits per heavy atom. The van der Waals surface area contributed by atoms with Crippen molar-refractivity contribution in [3.8, 4) is 0 Å². The molecule has 4 rings (SSSR count). The highest BCUT2D eigenvalue weighted by molar-refractivity contribution is 6.00. The number of nitrogens with zero attached hydrogens (tertiary/aromatic N) is 2. The summed E-state index contributed by atoms with van der Waals surface area (Å²) in [7, 11) is 0. The maximum atomic E-state index is 12.9. The van der Waals surface area contributed by atoms with E-state index in [4.69, 9.17) is 4.74 Å². The molecular formula is C23H30F3N3O2. The molecule has 0 bridgehead atoms. The van der Waals surface area contributed by atoms with Gasteiger partial charge in [0.05, 0.1) is 11.7 Å². The molecule has 0 atom stereocenters. The van der Waals surface area contributed by atoms with Gasteiger partial charge in [0.2, 0.25) is 0 Å². The third-order valence-corrected chi connectivity index (χ3v) is 6.23. The zero-order valence-electron chi connectivity index (χ0n) is 17.9. The molecule has 170 valence electrons. The summed E-state index contributed by atoms with van der Waals surface area (Å²) >= 11 is 0. The second kappa shape index (κ2) is 9.18. The van der Waals surface area contributed by atoms with E-state index in [-0.39, 0.29) is 24.5 Å². The molecule has 1 amide bonds. The average Bonchev–Trinajstić information content (AvgIpc) is 3.47. The predicted octanol–water partition coefficient (Wildman–Crippen LogP) is 5.31. The number of halogens is 3. The molecule has 1 N–H and O–H groups in total. The van der Waals surface area contributed by atoms with Gasteiger partial charge in [-0.25, -0.2) is 4.98 Å². The number of hydrogen-bond donors (Lipinski definition) is 1. The predicted molar refractivity (Wildman–Crippen MR) is 111 cm³/mol. The first kappa shape index (κ1) is 22.1. The number of aryl methyl sites for hydroxylation is 1. The average molecular weight is 438 g/mol. The van der Waals surface area contributed by atoms with Gasteiger partial charge in [-0.15, -0.1) is 0 Å². The molecule has 2 heterocycles. The lowest BCUT2D eigenvalue weighted by Crippen LogP contribution is -2.39. The van der Waals surface area contributed by atoms with Crippen molar-refractivity contribution in [1.29, 1.82) is 0 Å². The van der Waals surface area contributed by atoms with Crippen molar-refractivity contribution in [1.82, 2.24) is 14.7 Å². The molecule has 0 unspecified atom stereocenters. The van der Waals surface area contributed by atoms with Gasteiger partial charge in [-0.1, -0.05) is 0 Å². The Kier molecular flexibility index (Phi) is 6.55. The van der Waals surface area contributed by atoms with Crippen molar-refractivity contribution in [2.75, 3.05) is 6.61 Å². The molecule has 2 fully saturated rings. The summed E-state index contributed by atoms with van der Waals surface area (Å²) in [5.74, 6) is 0.468. The summed E-state index contributed by atoms with van der Waals surface area (Å²) in [4.78, 5) is 17.5. The SMILES string of the molecule is Cc1cc(C2CC2)n2ccc(C(=O)NC3CCC(OCCCCC(F)(F)F)CC3)c2n1. The number of fused-ring (bicyclic) bond motifs is 1. The van der Waals surface area contributed by atoms with Crippen LogP contribution in [0, 0.1) is 6.92 Å². The second-order valence-corrected chi connectivity index (χ2v) is 8.91. The highest BCUT2D eigenvalue weighted by Gasteiger charge is 2.29. The van der Waals surface area contributed by atoms with E-state index in [0.717, 1.165) is 37.0 Å². The number of hydrogen-bond acceptors (Lipinski definition) is 3. The van der Waals surface area contributed by atoms with Gasteiger partial charge in [-0.2, -0.15) is 13.2 Å². The zero-order chi connectivity index (χ0) is 22.0. The summed E-state index contributed by atoms with van der Waals surface area (Å²) in [5, 5.41) is 3.14. The maximum Gasteiger partial charge on any atom is 0.389 e. The van der Waals surface area contributed by atoms with Crippen LogP contribution in [0.25, 0.3) is 5.65 Å². The molecule has 0 aliphatic heterocycles. The van der Waals surface area contributed by atoms with Crippen LogP contribution in [0.1, 0.15) is 85.5 Å². The molecule has 5 nitrogen and oxygen atoms in total. The Morgan fingerprint density at radius 2 is 1.94 bits per heavy atom. The molecule has 8 heteroatoms. The van der Waals surface area contributed by atoms with Gasteiger partial charge in [-0.3, -0.25) is 4.79 Å². The van der Waals surface area contributed by atoms with E-state index >= 15 is 0 Å². The molecule has 0 saturated heterocycles. The van der Waals surface area contributed by atoms with Crippen LogP contribution < -0.4 is 5.32 Å². The van der Waals surface area contributed by atoms with E-state index < -0.39 is 12.6 Å². The monoisotopic (exact) mass is 437 g/mol. The van der Waals surface area contributed by atoms with E-state index in [1.807, 2.05) is 23.6 Å². The van der Waals surface area contributed by atoms with E-state index in [2.05, 4.69) is 16.4 Å². The van der Waals surface area contributed by atoms with E-state index in [1.54, 1.807) is 0 Å². The highest BCUT2D eigenvalue weighted by atomic mass is 19.4. The third-order valence-electron chi connectivity index (χ3n) is 6.23. The summed E-state index contributed by atoms with van der Waals surface area (Å²) in [5.41, 5.74) is 3.48. The van der Waals surface area contributed by atoms with E-state index in [0.29, 0.717) is 24.5 Å². The van der Waals surface area contributed by atoms with Crippen LogP contribution in [0.5, 0.6) is 0 Å². The van der Waals surface area contributed by atoms with Gasteiger partial charge in [-0.05, 0) is 76.3 Å². The molecule has 0 aromatic carbocycles. The number of ether oxygens (including phenoxy) is 1. The summed E-state index contributed by atoms with van der Waals surface area (Å²) in [6, 6.07) is 4.04. The van der Waals surface area contributed by atoms with Gasteiger partial charge in [0.25, 0.3) is 5.91 Å². The minimum Gasteiger partial charge on any atom is -0.378 e. The van der Waals surface area contributed by atoms with E-state index in [1.165, 1.54) is 18.5 Å². The lowest BCUT2D eigenvalue weighted by molar-refractivity contribution is -0.136. The molecule has 0 spiro atoms. The summed E-state index contributed by atoms with van der Waals surface area (Å²) in [6.45, 7) is 2.33. The second-order valence-electron chi connectivity index (χ2n) is 8.91. The molecule has 31 heavy (non-hydrogen) atoms. The Bertz CT molecular complexity index is 913. The smallest absolute Gasteiger partial charge is 0.378 e. The van der Waals surface area contributed by atoms with Crippen molar-refractivity contribution in [3.05, 3.63) is 35.3 Å². The van der Waals surface area contributed by atoms with Crippen LogP contribution in [0.15, 0.2) is 18.3 Å². The van der Waals surface area contributed by atoms with Gasteiger partial charge < -0.3 is 14.5 Å². The van der Waals surface area contributed by atoms with Gasteiger partial charge in [0.1, 0.15) is 5.65 Å². The number of carbonyl (C=O) groups is 1. The Labute approximate surface area is 180 Å².